The fraction of sp³-hybridized carbons (Fsp3) is 0.583. The molecule has 1 aliphatic heterocycles. The SMILES string of the molecule is CNc1nc(F)nc2c1ncn2[C@@H]1O[C@](CCl)(COP=O)[C@@H](O)[C@@H]1F. The fourth-order valence-corrected chi connectivity index (χ4v) is 3.26. The molecule has 0 spiro atoms. The summed E-state index contributed by atoms with van der Waals surface area (Å²) in [6.07, 6.45) is -4.82. The number of nitrogens with zero attached hydrogens (tertiary/aromatic N) is 4. The van der Waals surface area contributed by atoms with Gasteiger partial charge in [0.15, 0.2) is 29.4 Å². The molecule has 13 heteroatoms. The Morgan fingerprint density at radius 1 is 1.60 bits per heavy atom. The Bertz CT molecular complexity index is 798. The first-order valence-corrected chi connectivity index (χ1v) is 8.32. The normalized spacial score (nSPS) is 29.6. The average molecular weight is 396 g/mol. The van der Waals surface area contributed by atoms with Gasteiger partial charge in [0.05, 0.1) is 18.8 Å². The summed E-state index contributed by atoms with van der Waals surface area (Å²) in [5, 5.41) is 12.9. The van der Waals surface area contributed by atoms with E-state index in [4.69, 9.17) is 20.9 Å². The van der Waals surface area contributed by atoms with Gasteiger partial charge in [0.1, 0.15) is 11.7 Å². The number of rotatable bonds is 6. The highest BCUT2D eigenvalue weighted by Gasteiger charge is 2.56. The van der Waals surface area contributed by atoms with Crippen LogP contribution in [0.2, 0.25) is 0 Å². The van der Waals surface area contributed by atoms with E-state index in [-0.39, 0.29) is 22.9 Å². The van der Waals surface area contributed by atoms with Crippen LogP contribution in [0, 0.1) is 6.08 Å². The first-order chi connectivity index (χ1) is 12.0. The Morgan fingerprint density at radius 3 is 3.00 bits per heavy atom. The Labute approximate surface area is 146 Å². The van der Waals surface area contributed by atoms with Crippen LogP contribution in [0.1, 0.15) is 6.23 Å². The summed E-state index contributed by atoms with van der Waals surface area (Å²) in [5.41, 5.74) is -1.45. The molecule has 3 heterocycles. The molecule has 4 atom stereocenters. The number of aromatic nitrogens is 4. The van der Waals surface area contributed by atoms with E-state index >= 15 is 0 Å². The number of hydrogen-bond donors (Lipinski definition) is 2. The maximum absolute atomic E-state index is 14.7. The molecule has 0 bridgehead atoms. The van der Waals surface area contributed by atoms with Gasteiger partial charge in [-0.2, -0.15) is 14.4 Å². The van der Waals surface area contributed by atoms with Crippen LogP contribution in [0.4, 0.5) is 14.6 Å². The van der Waals surface area contributed by atoms with E-state index in [1.807, 2.05) is 0 Å². The Morgan fingerprint density at radius 2 is 2.36 bits per heavy atom. The van der Waals surface area contributed by atoms with Gasteiger partial charge in [0.2, 0.25) is 0 Å². The molecule has 0 aliphatic carbocycles. The lowest BCUT2D eigenvalue weighted by Gasteiger charge is -2.27. The van der Waals surface area contributed by atoms with Crippen LogP contribution in [-0.2, 0) is 13.8 Å². The van der Waals surface area contributed by atoms with E-state index < -0.39 is 45.5 Å². The third kappa shape index (κ3) is 2.96. The zero-order valence-corrected chi connectivity index (χ0v) is 14.4. The number of aliphatic hydroxyl groups excluding tert-OH is 1. The molecule has 25 heavy (non-hydrogen) atoms. The van der Waals surface area contributed by atoms with Crippen molar-refractivity contribution in [1.29, 1.82) is 0 Å². The minimum absolute atomic E-state index is 0.0232. The number of nitrogens with one attached hydrogen (secondary N) is 1. The van der Waals surface area contributed by atoms with E-state index in [0.29, 0.717) is 0 Å². The standard InChI is InChI=1S/C12H13ClF2N5O4P/c1-16-8-6-9(19-11(15)18-8)20(4-17-6)10-5(14)7(21)12(2-13,24-10)3-23-25-22/h4-5,7,10,21H,2-3H2,1H3,(H,16,18,19)/t5-,7-,10+,12+/m0/s1. The van der Waals surface area contributed by atoms with E-state index in [1.54, 1.807) is 0 Å². The quantitative estimate of drug-likeness (QED) is 0.429. The van der Waals surface area contributed by atoms with Crippen molar-refractivity contribution in [2.24, 2.45) is 0 Å². The summed E-state index contributed by atoms with van der Waals surface area (Å²) in [6.45, 7) is -0.405. The predicted octanol–water partition coefficient (Wildman–Crippen LogP) is 1.44. The second kappa shape index (κ2) is 7.00. The Hall–Kier alpha value is -1.52. The van der Waals surface area contributed by atoms with Gasteiger partial charge in [-0.15, -0.1) is 11.6 Å². The fourth-order valence-electron chi connectivity index (χ4n) is 2.69. The number of fused-ring (bicyclic) bond motifs is 1. The van der Waals surface area contributed by atoms with Crippen molar-refractivity contribution < 1.29 is 27.7 Å². The lowest BCUT2D eigenvalue weighted by Crippen LogP contribution is -2.47. The summed E-state index contributed by atoms with van der Waals surface area (Å²) in [6, 6.07) is 0. The van der Waals surface area contributed by atoms with E-state index in [9.17, 15) is 18.5 Å². The minimum atomic E-state index is -1.93. The topological polar surface area (TPSA) is 111 Å². The summed E-state index contributed by atoms with van der Waals surface area (Å²) in [4.78, 5) is 11.2. The van der Waals surface area contributed by atoms with Gasteiger partial charge in [0, 0.05) is 7.05 Å². The van der Waals surface area contributed by atoms with Crippen LogP contribution in [-0.4, -0.2) is 62.0 Å². The molecule has 1 saturated heterocycles. The number of hydrogen-bond acceptors (Lipinski definition) is 8. The summed E-state index contributed by atoms with van der Waals surface area (Å²) in [5.74, 6) is -0.203. The van der Waals surface area contributed by atoms with Gasteiger partial charge >= 0.3 is 14.8 Å². The lowest BCUT2D eigenvalue weighted by molar-refractivity contribution is -0.106. The van der Waals surface area contributed by atoms with Crippen molar-refractivity contribution in [2.45, 2.75) is 24.1 Å². The monoisotopic (exact) mass is 395 g/mol. The highest BCUT2D eigenvalue weighted by atomic mass is 35.5. The van der Waals surface area contributed by atoms with Crippen LogP contribution in [0.5, 0.6) is 0 Å². The highest BCUT2D eigenvalue weighted by Crippen LogP contribution is 2.41. The largest absolute Gasteiger partial charge is 0.387 e. The summed E-state index contributed by atoms with van der Waals surface area (Å²) in [7, 11) is 0.855. The minimum Gasteiger partial charge on any atom is -0.387 e. The molecule has 0 unspecified atom stereocenters. The van der Waals surface area contributed by atoms with E-state index in [1.165, 1.54) is 13.4 Å². The van der Waals surface area contributed by atoms with Crippen LogP contribution < -0.4 is 5.32 Å². The summed E-state index contributed by atoms with van der Waals surface area (Å²) >= 11 is 5.82. The van der Waals surface area contributed by atoms with Crippen molar-refractivity contribution in [1.82, 2.24) is 19.5 Å². The molecule has 2 N–H and O–H groups in total. The number of aliphatic hydroxyl groups is 1. The number of anilines is 1. The average Bonchev–Trinajstić information content (AvgIpc) is 3.13. The molecule has 2 aromatic rings. The maximum atomic E-state index is 14.7. The number of imidazole rings is 1. The van der Waals surface area contributed by atoms with Crippen LogP contribution in [0.3, 0.4) is 0 Å². The molecule has 9 nitrogen and oxygen atoms in total. The maximum Gasteiger partial charge on any atom is 0.327 e. The number of alkyl halides is 2. The molecular formula is C12H13ClF2N5O4P. The molecule has 0 radical (unpaired) electrons. The second-order valence-corrected chi connectivity index (χ2v) is 6.03. The van der Waals surface area contributed by atoms with Crippen LogP contribution in [0.25, 0.3) is 11.2 Å². The Balaban J connectivity index is 2.03. The van der Waals surface area contributed by atoms with Gasteiger partial charge < -0.3 is 15.2 Å². The molecule has 1 aliphatic rings. The molecule has 0 aromatic carbocycles. The van der Waals surface area contributed by atoms with E-state index in [0.717, 1.165) is 4.57 Å². The van der Waals surface area contributed by atoms with Gasteiger partial charge in [-0.3, -0.25) is 9.09 Å². The molecule has 0 saturated carbocycles. The van der Waals surface area contributed by atoms with Crippen molar-refractivity contribution >= 4 is 37.3 Å². The molecule has 0 amide bonds. The summed E-state index contributed by atoms with van der Waals surface area (Å²) < 4.78 is 50.3. The van der Waals surface area contributed by atoms with Gasteiger partial charge in [-0.1, -0.05) is 0 Å². The van der Waals surface area contributed by atoms with Crippen molar-refractivity contribution in [2.75, 3.05) is 24.9 Å². The molecule has 1 fully saturated rings. The van der Waals surface area contributed by atoms with Crippen LogP contribution in [0.15, 0.2) is 6.33 Å². The van der Waals surface area contributed by atoms with Gasteiger partial charge in [-0.05, 0) is 0 Å². The highest BCUT2D eigenvalue weighted by molar-refractivity contribution is 7.17. The molecule has 2 aromatic heterocycles. The zero-order valence-electron chi connectivity index (χ0n) is 12.8. The lowest BCUT2D eigenvalue weighted by atomic mass is 9.99. The zero-order chi connectivity index (χ0) is 18.2. The number of ether oxygens (including phenoxy) is 1. The third-order valence-electron chi connectivity index (χ3n) is 3.96. The number of halogens is 3. The van der Waals surface area contributed by atoms with Crippen molar-refractivity contribution in [3.05, 3.63) is 12.4 Å². The third-order valence-corrected chi connectivity index (χ3v) is 4.65. The Kier molecular flexibility index (Phi) is 5.12. The second-order valence-electron chi connectivity index (χ2n) is 5.36. The van der Waals surface area contributed by atoms with E-state index in [2.05, 4.69) is 20.3 Å². The van der Waals surface area contributed by atoms with Crippen LogP contribution >= 0.6 is 20.3 Å². The van der Waals surface area contributed by atoms with Crippen molar-refractivity contribution in [3.63, 3.8) is 0 Å². The predicted molar refractivity (Wildman–Crippen MR) is 82.9 cm³/mol. The van der Waals surface area contributed by atoms with Gasteiger partial charge in [0.25, 0.3) is 0 Å². The molecule has 3 rings (SSSR count). The first kappa shape index (κ1) is 18.3. The first-order valence-electron chi connectivity index (χ1n) is 7.05. The van der Waals surface area contributed by atoms with Crippen molar-refractivity contribution in [3.8, 4) is 0 Å². The molecule has 136 valence electrons. The molecular weight excluding hydrogens is 383 g/mol. The smallest absolute Gasteiger partial charge is 0.327 e. The van der Waals surface area contributed by atoms with Gasteiger partial charge in [-0.25, -0.2) is 13.9 Å².